The van der Waals surface area contributed by atoms with Crippen LogP contribution in [0.2, 0.25) is 0 Å². The fourth-order valence-corrected chi connectivity index (χ4v) is 5.04. The summed E-state index contributed by atoms with van der Waals surface area (Å²) in [7, 11) is 0. The minimum Gasteiger partial charge on any atom is -0.356 e. The first kappa shape index (κ1) is 21.3. The lowest BCUT2D eigenvalue weighted by Crippen LogP contribution is -2.35. The molecule has 30 heavy (non-hydrogen) atoms. The van der Waals surface area contributed by atoms with Crippen LogP contribution in [0.15, 0.2) is 29.4 Å². The molecule has 1 aromatic heterocycles. The van der Waals surface area contributed by atoms with Crippen LogP contribution in [0.4, 0.5) is 4.39 Å². The molecule has 7 nitrogen and oxygen atoms in total. The third kappa shape index (κ3) is 4.68. The lowest BCUT2D eigenvalue weighted by Gasteiger charge is -2.19. The second kappa shape index (κ2) is 9.89. The number of carbonyl (C=O) groups excluding carboxylic acids is 1. The van der Waals surface area contributed by atoms with Crippen LogP contribution in [0.3, 0.4) is 0 Å². The minimum atomic E-state index is -0.277. The molecule has 0 radical (unpaired) electrons. The van der Waals surface area contributed by atoms with E-state index < -0.39 is 0 Å². The molecule has 1 aromatic carbocycles. The van der Waals surface area contributed by atoms with Crippen LogP contribution in [0.25, 0.3) is 0 Å². The summed E-state index contributed by atoms with van der Waals surface area (Å²) < 4.78 is 15.5. The van der Waals surface area contributed by atoms with Crippen molar-refractivity contribution < 1.29 is 9.18 Å². The lowest BCUT2D eigenvalue weighted by atomic mass is 9.94. The van der Waals surface area contributed by atoms with E-state index in [4.69, 9.17) is 0 Å². The van der Waals surface area contributed by atoms with Crippen LogP contribution >= 0.6 is 11.8 Å². The Balaban J connectivity index is 1.30. The molecule has 2 aliphatic rings. The molecule has 0 bridgehead atoms. The number of rotatable bonds is 8. The monoisotopic (exact) mass is 432 g/mol. The highest BCUT2D eigenvalue weighted by atomic mass is 32.2. The van der Waals surface area contributed by atoms with E-state index in [1.165, 1.54) is 37.8 Å². The molecule has 1 saturated heterocycles. The Kier molecular flexibility index (Phi) is 7.01. The Hall–Kier alpha value is -1.97. The molecule has 3 N–H and O–H groups in total. The van der Waals surface area contributed by atoms with Crippen LogP contribution in [-0.2, 0) is 11.2 Å². The summed E-state index contributed by atoms with van der Waals surface area (Å²) in [5.41, 5.74) is 7.08. The largest absolute Gasteiger partial charge is 0.356 e. The molecule has 1 aliphatic heterocycles. The number of carbonyl (C=O) groups is 1. The number of aromatic nitrogens is 3. The molecular formula is C21H29FN6OS. The quantitative estimate of drug-likeness (QED) is 0.440. The van der Waals surface area contributed by atoms with Crippen molar-refractivity contribution in [2.75, 3.05) is 19.3 Å². The Bertz CT molecular complexity index is 852. The molecule has 1 saturated carbocycles. The molecule has 4 rings (SSSR count). The topological polar surface area (TPSA) is 83.9 Å². The second-order valence-corrected chi connectivity index (χ2v) is 8.74. The molecule has 2 aromatic rings. The Morgan fingerprint density at radius 2 is 2.03 bits per heavy atom. The van der Waals surface area contributed by atoms with E-state index in [2.05, 4.69) is 30.9 Å². The molecule has 2 heterocycles. The van der Waals surface area contributed by atoms with Crippen LogP contribution < -0.4 is 16.2 Å². The van der Waals surface area contributed by atoms with E-state index in [1.54, 1.807) is 23.9 Å². The van der Waals surface area contributed by atoms with Gasteiger partial charge < -0.3 is 9.88 Å². The first-order valence-electron chi connectivity index (χ1n) is 10.7. The molecule has 0 spiro atoms. The predicted molar refractivity (Wildman–Crippen MR) is 114 cm³/mol. The fourth-order valence-electron chi connectivity index (χ4n) is 4.46. The number of hydrogen-bond acceptors (Lipinski definition) is 6. The molecule has 162 valence electrons. The van der Waals surface area contributed by atoms with Gasteiger partial charge in [-0.05, 0) is 43.2 Å². The van der Waals surface area contributed by atoms with Crippen molar-refractivity contribution in [3.8, 4) is 0 Å². The zero-order chi connectivity index (χ0) is 20.9. The fraction of sp³-hybridized carbons (Fsp3) is 0.571. The SMILES string of the molecule is CSc1nnc(CCCNC(=O)C2CNNC2c2ccc(F)cc2)n1C1CCCC1. The van der Waals surface area contributed by atoms with Crippen LogP contribution in [0.1, 0.15) is 55.6 Å². The van der Waals surface area contributed by atoms with Crippen molar-refractivity contribution in [2.45, 2.75) is 55.8 Å². The van der Waals surface area contributed by atoms with Gasteiger partial charge >= 0.3 is 0 Å². The van der Waals surface area contributed by atoms with Gasteiger partial charge in [0.25, 0.3) is 0 Å². The molecule has 2 fully saturated rings. The van der Waals surface area contributed by atoms with Gasteiger partial charge in [-0.1, -0.05) is 36.7 Å². The van der Waals surface area contributed by atoms with Gasteiger partial charge in [0, 0.05) is 25.6 Å². The van der Waals surface area contributed by atoms with Gasteiger partial charge in [-0.3, -0.25) is 10.2 Å². The van der Waals surface area contributed by atoms with E-state index in [9.17, 15) is 9.18 Å². The number of hydrogen-bond donors (Lipinski definition) is 3. The van der Waals surface area contributed by atoms with Gasteiger partial charge in [-0.25, -0.2) is 9.82 Å². The van der Waals surface area contributed by atoms with Gasteiger partial charge in [0.1, 0.15) is 11.6 Å². The van der Waals surface area contributed by atoms with E-state index in [1.807, 2.05) is 6.26 Å². The van der Waals surface area contributed by atoms with Crippen molar-refractivity contribution in [1.82, 2.24) is 30.9 Å². The van der Waals surface area contributed by atoms with Gasteiger partial charge in [0.15, 0.2) is 5.16 Å². The van der Waals surface area contributed by atoms with Crippen molar-refractivity contribution in [1.29, 1.82) is 0 Å². The summed E-state index contributed by atoms with van der Waals surface area (Å²) in [6.07, 6.45) is 8.59. The minimum absolute atomic E-state index is 0.00360. The van der Waals surface area contributed by atoms with Gasteiger partial charge in [-0.2, -0.15) is 0 Å². The first-order chi connectivity index (χ1) is 14.7. The van der Waals surface area contributed by atoms with Crippen molar-refractivity contribution in [3.05, 3.63) is 41.5 Å². The van der Waals surface area contributed by atoms with Gasteiger partial charge in [0.2, 0.25) is 5.91 Å². The summed E-state index contributed by atoms with van der Waals surface area (Å²) in [5, 5.41) is 12.8. The van der Waals surface area contributed by atoms with E-state index in [-0.39, 0.29) is 23.7 Å². The third-order valence-electron chi connectivity index (χ3n) is 6.03. The molecular weight excluding hydrogens is 403 g/mol. The average Bonchev–Trinajstić information content (AvgIpc) is 3.51. The average molecular weight is 433 g/mol. The van der Waals surface area contributed by atoms with E-state index in [0.717, 1.165) is 29.4 Å². The van der Waals surface area contributed by atoms with E-state index >= 15 is 0 Å². The Morgan fingerprint density at radius 3 is 2.77 bits per heavy atom. The zero-order valence-corrected chi connectivity index (χ0v) is 18.1. The number of nitrogens with one attached hydrogen (secondary N) is 3. The maximum atomic E-state index is 13.2. The molecule has 1 amide bonds. The number of benzene rings is 1. The lowest BCUT2D eigenvalue weighted by molar-refractivity contribution is -0.124. The van der Waals surface area contributed by atoms with Crippen molar-refractivity contribution in [2.24, 2.45) is 5.92 Å². The molecule has 9 heteroatoms. The van der Waals surface area contributed by atoms with Crippen LogP contribution in [0, 0.1) is 11.7 Å². The van der Waals surface area contributed by atoms with Gasteiger partial charge in [-0.15, -0.1) is 10.2 Å². The Labute approximate surface area is 180 Å². The number of hydrazine groups is 1. The molecule has 2 unspecified atom stereocenters. The number of halogens is 1. The maximum Gasteiger partial charge on any atom is 0.226 e. The molecule has 1 aliphatic carbocycles. The van der Waals surface area contributed by atoms with Crippen molar-refractivity contribution >= 4 is 17.7 Å². The van der Waals surface area contributed by atoms with E-state index in [0.29, 0.717) is 19.1 Å². The highest BCUT2D eigenvalue weighted by Gasteiger charge is 2.33. The predicted octanol–water partition coefficient (Wildman–Crippen LogP) is 2.77. The molecule has 2 atom stereocenters. The Morgan fingerprint density at radius 1 is 1.27 bits per heavy atom. The summed E-state index contributed by atoms with van der Waals surface area (Å²) >= 11 is 1.65. The second-order valence-electron chi connectivity index (χ2n) is 7.97. The van der Waals surface area contributed by atoms with Crippen LogP contribution in [0.5, 0.6) is 0 Å². The zero-order valence-electron chi connectivity index (χ0n) is 17.2. The summed E-state index contributed by atoms with van der Waals surface area (Å²) in [6.45, 7) is 1.14. The highest BCUT2D eigenvalue weighted by Crippen LogP contribution is 2.33. The number of amides is 1. The number of nitrogens with zero attached hydrogens (tertiary/aromatic N) is 3. The smallest absolute Gasteiger partial charge is 0.226 e. The summed E-state index contributed by atoms with van der Waals surface area (Å²) in [5.74, 6) is 0.513. The third-order valence-corrected chi connectivity index (χ3v) is 6.68. The maximum absolute atomic E-state index is 13.2. The normalized spacial score (nSPS) is 21.9. The van der Waals surface area contributed by atoms with Crippen LogP contribution in [-0.4, -0.2) is 40.0 Å². The van der Waals surface area contributed by atoms with Gasteiger partial charge in [0.05, 0.1) is 12.0 Å². The standard InChI is InChI=1S/C21H29FN6OS/c1-30-21-27-25-18(28(21)16-5-2-3-6-16)7-4-12-23-20(29)17-13-24-26-19(17)14-8-10-15(22)11-9-14/h8-11,16-17,19,24,26H,2-7,12-13H2,1H3,(H,23,29). The van der Waals surface area contributed by atoms with Crippen molar-refractivity contribution in [3.63, 3.8) is 0 Å². The number of thioether (sulfide) groups is 1. The highest BCUT2D eigenvalue weighted by molar-refractivity contribution is 7.98. The first-order valence-corrected chi connectivity index (χ1v) is 11.9. The summed E-state index contributed by atoms with van der Waals surface area (Å²) in [6, 6.07) is 6.64. The summed E-state index contributed by atoms with van der Waals surface area (Å²) in [4.78, 5) is 12.7. The number of aryl methyl sites for hydroxylation is 1.